The highest BCUT2D eigenvalue weighted by Gasteiger charge is 2.19. The number of aryl methyl sites for hydroxylation is 2. The molecule has 0 aliphatic rings. The van der Waals surface area contributed by atoms with Crippen molar-refractivity contribution in [3.63, 3.8) is 0 Å². The number of ether oxygens (including phenoxy) is 1. The Labute approximate surface area is 154 Å². The van der Waals surface area contributed by atoms with E-state index in [0.717, 1.165) is 17.8 Å². The Balaban J connectivity index is 1.98. The van der Waals surface area contributed by atoms with Crippen molar-refractivity contribution in [3.8, 4) is 5.75 Å². The number of benzene rings is 1. The van der Waals surface area contributed by atoms with Crippen LogP contribution >= 0.6 is 0 Å². The number of sulfonamides is 1. The molecule has 0 aliphatic carbocycles. The van der Waals surface area contributed by atoms with Crippen LogP contribution in [0.2, 0.25) is 0 Å². The average molecular weight is 379 g/mol. The molecule has 1 heterocycles. The van der Waals surface area contributed by atoms with Crippen molar-refractivity contribution in [3.05, 3.63) is 35.5 Å². The summed E-state index contributed by atoms with van der Waals surface area (Å²) in [7, 11) is -2.22. The Hall–Kier alpha value is -2.39. The molecule has 2 rings (SSSR count). The summed E-state index contributed by atoms with van der Waals surface area (Å²) in [5.41, 5.74) is 1.67. The fraction of sp³-hybridized carbons (Fsp3) is 0.412. The first-order chi connectivity index (χ1) is 12.4. The molecule has 9 heteroatoms. The summed E-state index contributed by atoms with van der Waals surface area (Å²) in [6.07, 6.45) is 0. The second-order valence-corrected chi connectivity index (χ2v) is 7.46. The van der Waals surface area contributed by atoms with Gasteiger partial charge in [0.25, 0.3) is 0 Å². The molecule has 0 aliphatic heterocycles. The molecule has 3 N–H and O–H groups in total. The molecule has 2 aromatic rings. The van der Waals surface area contributed by atoms with Gasteiger partial charge in [0, 0.05) is 31.4 Å². The van der Waals surface area contributed by atoms with E-state index in [9.17, 15) is 8.42 Å². The van der Waals surface area contributed by atoms with E-state index in [-0.39, 0.29) is 11.4 Å². The molecule has 0 amide bonds. The fourth-order valence-corrected chi connectivity index (χ4v) is 3.63. The molecular weight excluding hydrogens is 354 g/mol. The quantitative estimate of drug-likeness (QED) is 0.572. The van der Waals surface area contributed by atoms with Gasteiger partial charge in [-0.15, -0.1) is 0 Å². The van der Waals surface area contributed by atoms with Crippen LogP contribution in [0.3, 0.4) is 0 Å². The first kappa shape index (κ1) is 19.9. The lowest BCUT2D eigenvalue weighted by Gasteiger charge is -2.12. The van der Waals surface area contributed by atoms with Crippen LogP contribution in [-0.2, 0) is 10.0 Å². The first-order valence-electron chi connectivity index (χ1n) is 8.33. The normalized spacial score (nSPS) is 11.2. The number of nitrogens with one attached hydrogen (secondary N) is 3. The zero-order valence-electron chi connectivity index (χ0n) is 15.5. The molecule has 142 valence electrons. The fourth-order valence-electron chi connectivity index (χ4n) is 2.34. The third-order valence-corrected chi connectivity index (χ3v) is 5.00. The van der Waals surface area contributed by atoms with Gasteiger partial charge in [0.05, 0.1) is 7.11 Å². The van der Waals surface area contributed by atoms with Crippen LogP contribution in [0.1, 0.15) is 18.2 Å². The zero-order chi connectivity index (χ0) is 19.2. The highest BCUT2D eigenvalue weighted by atomic mass is 32.2. The van der Waals surface area contributed by atoms with E-state index in [1.807, 2.05) is 20.8 Å². The van der Waals surface area contributed by atoms with Gasteiger partial charge in [0.2, 0.25) is 16.0 Å². The maximum atomic E-state index is 12.5. The smallest absolute Gasteiger partial charge is 0.244 e. The van der Waals surface area contributed by atoms with Gasteiger partial charge in [-0.2, -0.15) is 4.98 Å². The minimum Gasteiger partial charge on any atom is -0.495 e. The third kappa shape index (κ3) is 5.30. The predicted molar refractivity (Wildman–Crippen MR) is 102 cm³/mol. The Kier molecular flexibility index (Phi) is 6.76. The number of methoxy groups -OCH3 is 1. The summed E-state index contributed by atoms with van der Waals surface area (Å²) in [5, 5.41) is 6.15. The van der Waals surface area contributed by atoms with Gasteiger partial charge >= 0.3 is 0 Å². The summed E-state index contributed by atoms with van der Waals surface area (Å²) in [5.74, 6) is 1.50. The minimum atomic E-state index is -3.67. The van der Waals surface area contributed by atoms with Crippen molar-refractivity contribution in [1.29, 1.82) is 0 Å². The molecule has 0 radical (unpaired) electrons. The molecular formula is C17H25N5O3S. The molecule has 0 saturated heterocycles. The molecule has 0 fully saturated rings. The number of aromatic nitrogens is 2. The Bertz CT molecular complexity index is 855. The Morgan fingerprint density at radius 1 is 1.08 bits per heavy atom. The van der Waals surface area contributed by atoms with Gasteiger partial charge in [-0.1, -0.05) is 6.07 Å². The largest absolute Gasteiger partial charge is 0.495 e. The lowest BCUT2D eigenvalue weighted by molar-refractivity contribution is 0.402. The topological polar surface area (TPSA) is 105 Å². The van der Waals surface area contributed by atoms with E-state index in [1.54, 1.807) is 24.3 Å². The maximum absolute atomic E-state index is 12.5. The van der Waals surface area contributed by atoms with Crippen molar-refractivity contribution in [2.45, 2.75) is 25.7 Å². The van der Waals surface area contributed by atoms with Crippen molar-refractivity contribution in [2.24, 2.45) is 0 Å². The summed E-state index contributed by atoms with van der Waals surface area (Å²) >= 11 is 0. The highest BCUT2D eigenvalue weighted by Crippen LogP contribution is 2.24. The lowest BCUT2D eigenvalue weighted by Crippen LogP contribution is -2.29. The van der Waals surface area contributed by atoms with Crippen LogP contribution in [0, 0.1) is 13.8 Å². The molecule has 0 bridgehead atoms. The Morgan fingerprint density at radius 3 is 2.54 bits per heavy atom. The standard InChI is InChI=1S/C17H25N5O3S/c1-5-18-17-21-13(3)11-16(22-17)19-8-9-20-26(23,24)15-10-12(2)6-7-14(15)25-4/h6-7,10-11,20H,5,8-9H2,1-4H3,(H2,18,19,21,22). The second kappa shape index (κ2) is 8.81. The first-order valence-corrected chi connectivity index (χ1v) is 9.81. The zero-order valence-corrected chi connectivity index (χ0v) is 16.3. The van der Waals surface area contributed by atoms with Crippen molar-refractivity contribution < 1.29 is 13.2 Å². The molecule has 26 heavy (non-hydrogen) atoms. The van der Waals surface area contributed by atoms with E-state index >= 15 is 0 Å². The van der Waals surface area contributed by atoms with Crippen molar-refractivity contribution in [2.75, 3.05) is 37.4 Å². The molecule has 1 aromatic carbocycles. The van der Waals surface area contributed by atoms with E-state index in [1.165, 1.54) is 7.11 Å². The number of hydrogen-bond acceptors (Lipinski definition) is 7. The molecule has 8 nitrogen and oxygen atoms in total. The van der Waals surface area contributed by atoms with E-state index in [2.05, 4.69) is 25.3 Å². The monoisotopic (exact) mass is 379 g/mol. The summed E-state index contributed by atoms with van der Waals surface area (Å²) < 4.78 is 32.8. The van der Waals surface area contributed by atoms with Crippen LogP contribution in [0.5, 0.6) is 5.75 Å². The van der Waals surface area contributed by atoms with Gasteiger partial charge in [-0.3, -0.25) is 0 Å². The van der Waals surface area contributed by atoms with Crippen LogP contribution in [0.25, 0.3) is 0 Å². The van der Waals surface area contributed by atoms with E-state index < -0.39 is 10.0 Å². The van der Waals surface area contributed by atoms with E-state index in [4.69, 9.17) is 4.74 Å². The predicted octanol–water partition coefficient (Wildman–Crippen LogP) is 1.92. The van der Waals surface area contributed by atoms with Gasteiger partial charge in [-0.25, -0.2) is 18.1 Å². The minimum absolute atomic E-state index is 0.132. The van der Waals surface area contributed by atoms with Crippen LogP contribution < -0.4 is 20.1 Å². The van der Waals surface area contributed by atoms with Gasteiger partial charge in [0.1, 0.15) is 16.5 Å². The highest BCUT2D eigenvalue weighted by molar-refractivity contribution is 7.89. The Morgan fingerprint density at radius 2 is 1.85 bits per heavy atom. The molecule has 1 aromatic heterocycles. The maximum Gasteiger partial charge on any atom is 0.244 e. The van der Waals surface area contributed by atoms with Gasteiger partial charge in [0.15, 0.2) is 0 Å². The molecule has 0 atom stereocenters. The number of hydrogen-bond donors (Lipinski definition) is 3. The third-order valence-electron chi connectivity index (χ3n) is 3.52. The van der Waals surface area contributed by atoms with Gasteiger partial charge < -0.3 is 15.4 Å². The van der Waals surface area contributed by atoms with E-state index in [0.29, 0.717) is 24.1 Å². The molecule has 0 unspecified atom stereocenters. The van der Waals surface area contributed by atoms with Gasteiger partial charge in [-0.05, 0) is 38.5 Å². The number of rotatable bonds is 9. The van der Waals surface area contributed by atoms with Crippen molar-refractivity contribution >= 4 is 21.8 Å². The second-order valence-electron chi connectivity index (χ2n) is 5.73. The average Bonchev–Trinajstić information content (AvgIpc) is 2.58. The lowest BCUT2D eigenvalue weighted by atomic mass is 10.2. The number of anilines is 2. The van der Waals surface area contributed by atoms with Crippen LogP contribution in [-0.4, -0.2) is 45.1 Å². The summed E-state index contributed by atoms with van der Waals surface area (Å²) in [6.45, 7) is 6.99. The molecule has 0 spiro atoms. The number of nitrogens with zero attached hydrogens (tertiary/aromatic N) is 2. The summed E-state index contributed by atoms with van der Waals surface area (Å²) in [6, 6.07) is 6.84. The summed E-state index contributed by atoms with van der Waals surface area (Å²) in [4.78, 5) is 8.73. The SMILES string of the molecule is CCNc1nc(C)cc(NCCNS(=O)(=O)c2cc(C)ccc2OC)n1. The van der Waals surface area contributed by atoms with Crippen LogP contribution in [0.4, 0.5) is 11.8 Å². The molecule has 0 saturated carbocycles. The van der Waals surface area contributed by atoms with Crippen molar-refractivity contribution in [1.82, 2.24) is 14.7 Å². The van der Waals surface area contributed by atoms with Crippen LogP contribution in [0.15, 0.2) is 29.2 Å².